The minimum Gasteiger partial charge on any atom is -0.424 e. The van der Waals surface area contributed by atoms with E-state index in [9.17, 15) is 0 Å². The molecule has 0 aliphatic rings. The van der Waals surface area contributed by atoms with Crippen molar-refractivity contribution in [2.75, 3.05) is 26.0 Å². The summed E-state index contributed by atoms with van der Waals surface area (Å²) in [5.41, 5.74) is 1.51. The number of benzene rings is 1. The first-order valence-electron chi connectivity index (χ1n) is 6.44. The van der Waals surface area contributed by atoms with E-state index < -0.39 is 0 Å². The quantitative estimate of drug-likeness (QED) is 0.904. The first-order valence-corrected chi connectivity index (χ1v) is 6.44. The van der Waals surface area contributed by atoms with Crippen LogP contribution in [0.5, 0.6) is 0 Å². The van der Waals surface area contributed by atoms with Crippen LogP contribution in [0.1, 0.15) is 23.2 Å². The Hall–Kier alpha value is -2.32. The van der Waals surface area contributed by atoms with Crippen molar-refractivity contribution in [1.29, 1.82) is 5.26 Å². The van der Waals surface area contributed by atoms with Crippen LogP contribution in [0.25, 0.3) is 0 Å². The molecule has 1 aromatic heterocycles. The van der Waals surface area contributed by atoms with E-state index in [0.29, 0.717) is 24.0 Å². The zero-order chi connectivity index (χ0) is 14.5. The van der Waals surface area contributed by atoms with Crippen molar-refractivity contribution in [3.8, 4) is 6.07 Å². The highest BCUT2D eigenvalue weighted by atomic mass is 16.4. The maximum absolute atomic E-state index is 9.00. The number of hydrogen-bond donors (Lipinski definition) is 1. The van der Waals surface area contributed by atoms with Gasteiger partial charge < -0.3 is 14.6 Å². The summed E-state index contributed by atoms with van der Waals surface area (Å²) in [4.78, 5) is 6.14. The molecule has 0 spiro atoms. The van der Waals surface area contributed by atoms with Gasteiger partial charge in [0.25, 0.3) is 0 Å². The minimum atomic E-state index is 0.188. The van der Waals surface area contributed by atoms with Gasteiger partial charge in [-0.3, -0.25) is 0 Å². The number of nitrogens with zero attached hydrogens (tertiary/aromatic N) is 3. The summed E-state index contributed by atoms with van der Waals surface area (Å²) in [6.07, 6.45) is 0. The molecule has 0 radical (unpaired) electrons. The van der Waals surface area contributed by atoms with Crippen molar-refractivity contribution in [3.05, 3.63) is 47.5 Å². The molecule has 1 atom stereocenters. The Labute approximate surface area is 118 Å². The molecule has 5 heteroatoms. The van der Waals surface area contributed by atoms with Crippen molar-refractivity contribution < 1.29 is 4.42 Å². The Balaban J connectivity index is 2.12. The van der Waals surface area contributed by atoms with Crippen LogP contribution in [0.3, 0.4) is 0 Å². The monoisotopic (exact) mass is 270 g/mol. The zero-order valence-electron chi connectivity index (χ0n) is 11.9. The van der Waals surface area contributed by atoms with Crippen molar-refractivity contribution in [3.63, 3.8) is 0 Å². The highest BCUT2D eigenvalue weighted by molar-refractivity contribution is 5.45. The molecule has 0 aliphatic heterocycles. The largest absolute Gasteiger partial charge is 0.424 e. The van der Waals surface area contributed by atoms with Gasteiger partial charge in [-0.1, -0.05) is 30.3 Å². The molecule has 0 saturated heterocycles. The average Bonchev–Trinajstić information content (AvgIpc) is 2.80. The number of anilines is 1. The second-order valence-corrected chi connectivity index (χ2v) is 4.79. The van der Waals surface area contributed by atoms with Crippen LogP contribution in [-0.4, -0.2) is 30.5 Å². The maximum atomic E-state index is 9.00. The smallest absolute Gasteiger partial charge is 0.232 e. The number of likely N-dealkylation sites (N-methyl/N-ethyl adjacent to an activating group) is 1. The topological polar surface area (TPSA) is 65.1 Å². The molecule has 104 valence electrons. The SMILES string of the molecule is Cc1nc(C#N)c(NCC(c2ccccc2)N(C)C)o1. The van der Waals surface area contributed by atoms with Gasteiger partial charge in [-0.2, -0.15) is 5.26 Å². The third-order valence-corrected chi connectivity index (χ3v) is 3.10. The first kappa shape index (κ1) is 14.1. The van der Waals surface area contributed by atoms with Gasteiger partial charge in [-0.05, 0) is 19.7 Å². The molecule has 1 aromatic carbocycles. The normalized spacial score (nSPS) is 12.2. The molecule has 5 nitrogen and oxygen atoms in total. The van der Waals surface area contributed by atoms with Crippen LogP contribution in [0.15, 0.2) is 34.7 Å². The lowest BCUT2D eigenvalue weighted by atomic mass is 10.1. The average molecular weight is 270 g/mol. The molecule has 1 unspecified atom stereocenters. The van der Waals surface area contributed by atoms with E-state index in [2.05, 4.69) is 27.3 Å². The lowest BCUT2D eigenvalue weighted by molar-refractivity contribution is 0.310. The van der Waals surface area contributed by atoms with E-state index >= 15 is 0 Å². The van der Waals surface area contributed by atoms with Crippen LogP contribution in [0.4, 0.5) is 5.88 Å². The molecule has 2 aromatic rings. The Morgan fingerprint density at radius 3 is 2.65 bits per heavy atom. The number of aromatic nitrogens is 1. The van der Waals surface area contributed by atoms with Crippen molar-refractivity contribution in [1.82, 2.24) is 9.88 Å². The van der Waals surface area contributed by atoms with Crippen molar-refractivity contribution in [2.24, 2.45) is 0 Å². The van der Waals surface area contributed by atoms with E-state index in [4.69, 9.17) is 9.68 Å². The van der Waals surface area contributed by atoms with E-state index in [0.717, 1.165) is 0 Å². The summed E-state index contributed by atoms with van der Waals surface area (Å²) in [5.74, 6) is 0.929. The van der Waals surface area contributed by atoms with Crippen LogP contribution in [0, 0.1) is 18.3 Å². The molecule has 0 fully saturated rings. The highest BCUT2D eigenvalue weighted by Crippen LogP contribution is 2.21. The molecular formula is C15H18N4O. The molecule has 20 heavy (non-hydrogen) atoms. The third-order valence-electron chi connectivity index (χ3n) is 3.10. The van der Waals surface area contributed by atoms with Crippen LogP contribution >= 0.6 is 0 Å². The number of nitriles is 1. The summed E-state index contributed by atoms with van der Waals surface area (Å²) >= 11 is 0. The zero-order valence-corrected chi connectivity index (χ0v) is 11.9. The first-order chi connectivity index (χ1) is 9.61. The van der Waals surface area contributed by atoms with Crippen LogP contribution in [-0.2, 0) is 0 Å². The van der Waals surface area contributed by atoms with E-state index in [1.165, 1.54) is 5.56 Å². The number of aryl methyl sites for hydroxylation is 1. The van der Waals surface area contributed by atoms with E-state index in [1.54, 1.807) is 6.92 Å². The molecule has 0 aliphatic carbocycles. The standard InChI is InChI=1S/C15H18N4O/c1-11-18-13(9-16)15(20-11)17-10-14(19(2)3)12-7-5-4-6-8-12/h4-8,14,17H,10H2,1-3H3. The minimum absolute atomic E-state index is 0.188. The van der Waals surface area contributed by atoms with Crippen LogP contribution < -0.4 is 5.32 Å². The molecule has 1 heterocycles. The summed E-state index contributed by atoms with van der Waals surface area (Å²) in [6.45, 7) is 2.37. The molecule has 0 saturated carbocycles. The van der Waals surface area contributed by atoms with Gasteiger partial charge in [0.2, 0.25) is 11.6 Å². The Morgan fingerprint density at radius 2 is 2.05 bits per heavy atom. The summed E-state index contributed by atoms with van der Waals surface area (Å²) in [7, 11) is 4.05. The van der Waals surface area contributed by atoms with E-state index in [1.807, 2.05) is 38.4 Å². The fourth-order valence-corrected chi connectivity index (χ4v) is 2.09. The van der Waals surface area contributed by atoms with Gasteiger partial charge in [0.15, 0.2) is 5.89 Å². The predicted molar refractivity (Wildman–Crippen MR) is 77.3 cm³/mol. The second-order valence-electron chi connectivity index (χ2n) is 4.79. The van der Waals surface area contributed by atoms with Crippen LogP contribution in [0.2, 0.25) is 0 Å². The maximum Gasteiger partial charge on any atom is 0.232 e. The lowest BCUT2D eigenvalue weighted by Crippen LogP contribution is -2.26. The third kappa shape index (κ3) is 3.16. The van der Waals surface area contributed by atoms with Crippen molar-refractivity contribution >= 4 is 5.88 Å². The van der Waals surface area contributed by atoms with E-state index in [-0.39, 0.29) is 6.04 Å². The Kier molecular flexibility index (Phi) is 4.38. The number of oxazole rings is 1. The fraction of sp³-hybridized carbons (Fsp3) is 0.333. The molecule has 2 rings (SSSR count). The number of rotatable bonds is 5. The van der Waals surface area contributed by atoms with Gasteiger partial charge in [-0.25, -0.2) is 4.98 Å². The Bertz CT molecular complexity index is 598. The number of nitrogens with one attached hydrogen (secondary N) is 1. The van der Waals surface area contributed by atoms with Crippen molar-refractivity contribution in [2.45, 2.75) is 13.0 Å². The van der Waals surface area contributed by atoms with Gasteiger partial charge in [0.1, 0.15) is 6.07 Å². The molecule has 1 N–H and O–H groups in total. The Morgan fingerprint density at radius 1 is 1.35 bits per heavy atom. The predicted octanol–water partition coefficient (Wildman–Crippen LogP) is 2.57. The lowest BCUT2D eigenvalue weighted by Gasteiger charge is -2.24. The highest BCUT2D eigenvalue weighted by Gasteiger charge is 2.16. The number of hydrogen-bond acceptors (Lipinski definition) is 5. The van der Waals surface area contributed by atoms with Gasteiger partial charge in [0, 0.05) is 13.5 Å². The van der Waals surface area contributed by atoms with Gasteiger partial charge >= 0.3 is 0 Å². The molecule has 0 bridgehead atoms. The van der Waals surface area contributed by atoms with Gasteiger partial charge in [0.05, 0.1) is 6.04 Å². The summed E-state index contributed by atoms with van der Waals surface area (Å²) in [6, 6.07) is 12.4. The fourth-order valence-electron chi connectivity index (χ4n) is 2.09. The molecular weight excluding hydrogens is 252 g/mol. The molecule has 0 amide bonds. The summed E-state index contributed by atoms with van der Waals surface area (Å²) < 4.78 is 5.41. The summed E-state index contributed by atoms with van der Waals surface area (Å²) in [5, 5.41) is 12.2. The second kappa shape index (κ2) is 6.22. The van der Waals surface area contributed by atoms with Gasteiger partial charge in [-0.15, -0.1) is 0 Å².